The Morgan fingerprint density at radius 3 is 2.00 bits per heavy atom. The third-order valence-corrected chi connectivity index (χ3v) is 4.93. The topological polar surface area (TPSA) is 167 Å². The summed E-state index contributed by atoms with van der Waals surface area (Å²) in [5, 5.41) is 41.2. The summed E-state index contributed by atoms with van der Waals surface area (Å²) < 4.78 is 1.81. The fraction of sp³-hybridized carbons (Fsp3) is 0.393. The molecule has 2 aromatic carbocycles. The number of aryl methyl sites for hydroxylation is 1. The molecule has 0 saturated carbocycles. The molecule has 0 aliphatic rings. The molecule has 0 saturated heterocycles. The van der Waals surface area contributed by atoms with E-state index >= 15 is 0 Å². The number of rotatable bonds is 7. The number of aromatic nitrogens is 3. The van der Waals surface area contributed by atoms with Crippen molar-refractivity contribution in [2.75, 3.05) is 6.54 Å². The molecule has 5 N–H and O–H groups in total. The monoisotopic (exact) mass is 543 g/mol. The highest BCUT2D eigenvalue weighted by atomic mass is 16.3. The highest BCUT2D eigenvalue weighted by Crippen LogP contribution is 2.38. The van der Waals surface area contributed by atoms with Gasteiger partial charge < -0.3 is 26.0 Å². The summed E-state index contributed by atoms with van der Waals surface area (Å²) in [5.41, 5.74) is 2.52. The number of aromatic hydroxyl groups is 2. The van der Waals surface area contributed by atoms with Crippen molar-refractivity contribution in [3.05, 3.63) is 53.3 Å². The van der Waals surface area contributed by atoms with Crippen LogP contribution in [0, 0.1) is 6.92 Å². The number of carboxylic acid groups (broad SMARTS) is 1. The fourth-order valence-corrected chi connectivity index (χ4v) is 3.27. The number of amides is 2. The standard InChI is InChI=1S/C22H26N4O3.C3H7NO.C2H6.CH2O2/c1-12(2)17-10-18(20(28)11-19(17)27)21-25-24-14(5)26(21)16-8-6-15(7-9-16)22(29)23-13(3)4;1-2-4-3-5;1-2;2-1-3/h6-13,27-28H,1-5H3,(H,23,29);3H,2H2,1H3,(H,4,5);1-2H3;1H,(H,2,3). The number of carbonyl (C=O) groups excluding carboxylic acids is 2. The first-order valence-corrected chi connectivity index (χ1v) is 12.7. The minimum atomic E-state index is -0.250. The summed E-state index contributed by atoms with van der Waals surface area (Å²) in [4.78, 5) is 29.8. The maximum absolute atomic E-state index is 12.2. The first-order chi connectivity index (χ1) is 18.5. The number of hydrogen-bond donors (Lipinski definition) is 5. The summed E-state index contributed by atoms with van der Waals surface area (Å²) in [6.45, 7) is 15.9. The second-order valence-corrected chi connectivity index (χ2v) is 8.45. The zero-order chi connectivity index (χ0) is 30.1. The van der Waals surface area contributed by atoms with Crippen LogP contribution in [0.1, 0.15) is 76.1 Å². The number of hydrogen-bond acceptors (Lipinski definition) is 7. The van der Waals surface area contributed by atoms with E-state index in [1.807, 2.05) is 67.5 Å². The molecule has 0 atom stereocenters. The van der Waals surface area contributed by atoms with Gasteiger partial charge in [0.2, 0.25) is 6.41 Å². The maximum Gasteiger partial charge on any atom is 0.290 e. The van der Waals surface area contributed by atoms with E-state index in [2.05, 4.69) is 20.8 Å². The molecule has 0 bridgehead atoms. The molecule has 1 heterocycles. The second kappa shape index (κ2) is 17.9. The van der Waals surface area contributed by atoms with Crippen LogP contribution in [0.4, 0.5) is 0 Å². The molecular weight excluding hydrogens is 502 g/mol. The van der Waals surface area contributed by atoms with Gasteiger partial charge in [-0.25, -0.2) is 0 Å². The first kappa shape index (κ1) is 34.6. The number of nitrogens with zero attached hydrogens (tertiary/aromatic N) is 3. The Morgan fingerprint density at radius 1 is 1.00 bits per heavy atom. The highest BCUT2D eigenvalue weighted by Gasteiger charge is 2.20. The van der Waals surface area contributed by atoms with Gasteiger partial charge in [-0.3, -0.25) is 19.0 Å². The van der Waals surface area contributed by atoms with Crippen LogP contribution in [-0.2, 0) is 9.59 Å². The van der Waals surface area contributed by atoms with Crippen LogP contribution in [0.25, 0.3) is 17.1 Å². The van der Waals surface area contributed by atoms with Crippen LogP contribution in [0.15, 0.2) is 36.4 Å². The molecule has 0 spiro atoms. The molecule has 3 rings (SSSR count). The molecule has 0 fully saturated rings. The average Bonchev–Trinajstić information content (AvgIpc) is 3.27. The average molecular weight is 544 g/mol. The normalized spacial score (nSPS) is 9.69. The number of nitrogens with one attached hydrogen (secondary N) is 2. The van der Waals surface area contributed by atoms with Gasteiger partial charge in [0.25, 0.3) is 12.4 Å². The molecule has 214 valence electrons. The van der Waals surface area contributed by atoms with E-state index < -0.39 is 0 Å². The zero-order valence-corrected chi connectivity index (χ0v) is 23.9. The molecule has 39 heavy (non-hydrogen) atoms. The SMILES string of the molecule is CC.CCNC=O.Cc1nnc(-c2cc(C(C)C)c(O)cc2O)n1-c1ccc(C(=O)NC(C)C)cc1.O=CO. The van der Waals surface area contributed by atoms with Crippen molar-refractivity contribution in [3.63, 3.8) is 0 Å². The van der Waals surface area contributed by atoms with E-state index in [1.165, 1.54) is 6.07 Å². The Hall–Kier alpha value is -4.41. The molecule has 11 heteroatoms. The van der Waals surface area contributed by atoms with Crippen molar-refractivity contribution in [1.82, 2.24) is 25.4 Å². The Morgan fingerprint density at radius 2 is 1.56 bits per heavy atom. The summed E-state index contributed by atoms with van der Waals surface area (Å²) in [6, 6.07) is 10.2. The smallest absolute Gasteiger partial charge is 0.290 e. The molecule has 0 aliphatic heterocycles. The van der Waals surface area contributed by atoms with Gasteiger partial charge in [-0.2, -0.15) is 0 Å². The van der Waals surface area contributed by atoms with Gasteiger partial charge in [0, 0.05) is 29.9 Å². The summed E-state index contributed by atoms with van der Waals surface area (Å²) in [6.07, 6.45) is 0.681. The van der Waals surface area contributed by atoms with Crippen LogP contribution in [0.5, 0.6) is 11.5 Å². The molecule has 11 nitrogen and oxygen atoms in total. The third-order valence-electron chi connectivity index (χ3n) is 4.93. The van der Waals surface area contributed by atoms with E-state index in [-0.39, 0.29) is 35.8 Å². The van der Waals surface area contributed by atoms with Crippen LogP contribution in [0.3, 0.4) is 0 Å². The predicted molar refractivity (Wildman–Crippen MR) is 151 cm³/mol. The largest absolute Gasteiger partial charge is 0.508 e. The van der Waals surface area contributed by atoms with E-state index in [4.69, 9.17) is 9.90 Å². The van der Waals surface area contributed by atoms with Gasteiger partial charge >= 0.3 is 0 Å². The zero-order valence-electron chi connectivity index (χ0n) is 23.9. The van der Waals surface area contributed by atoms with Crippen molar-refractivity contribution in [1.29, 1.82) is 0 Å². The second-order valence-electron chi connectivity index (χ2n) is 8.45. The van der Waals surface area contributed by atoms with Gasteiger partial charge in [-0.15, -0.1) is 10.2 Å². The van der Waals surface area contributed by atoms with Crippen molar-refractivity contribution in [2.24, 2.45) is 0 Å². The molecule has 0 aliphatic carbocycles. The van der Waals surface area contributed by atoms with Gasteiger partial charge in [0.05, 0.1) is 5.56 Å². The maximum atomic E-state index is 12.2. The minimum absolute atomic E-state index is 0.0459. The van der Waals surface area contributed by atoms with Crippen molar-refractivity contribution in [3.8, 4) is 28.6 Å². The molecule has 3 aromatic rings. The van der Waals surface area contributed by atoms with Crippen LogP contribution >= 0.6 is 0 Å². The van der Waals surface area contributed by atoms with Crippen LogP contribution < -0.4 is 10.6 Å². The summed E-state index contributed by atoms with van der Waals surface area (Å²) in [5.74, 6) is 1.01. The van der Waals surface area contributed by atoms with Crippen LogP contribution in [0.2, 0.25) is 0 Å². The Balaban J connectivity index is 0.00000125. The minimum Gasteiger partial charge on any atom is -0.508 e. The molecule has 1 aromatic heterocycles. The number of carbonyl (C=O) groups is 3. The Kier molecular flexibility index (Phi) is 15.9. The van der Waals surface area contributed by atoms with Gasteiger partial charge in [0.15, 0.2) is 5.82 Å². The molecule has 2 amide bonds. The van der Waals surface area contributed by atoms with E-state index in [0.717, 1.165) is 12.2 Å². The van der Waals surface area contributed by atoms with Crippen molar-refractivity contribution >= 4 is 18.8 Å². The Bertz CT molecular complexity index is 1170. The predicted octanol–water partition coefficient (Wildman–Crippen LogP) is 4.39. The highest BCUT2D eigenvalue weighted by molar-refractivity contribution is 5.94. The first-order valence-electron chi connectivity index (χ1n) is 12.7. The van der Waals surface area contributed by atoms with E-state index in [9.17, 15) is 19.8 Å². The van der Waals surface area contributed by atoms with Gasteiger partial charge in [-0.05, 0) is 69.5 Å². The third kappa shape index (κ3) is 10.5. The Labute approximate surface area is 229 Å². The lowest BCUT2D eigenvalue weighted by Gasteiger charge is -2.14. The summed E-state index contributed by atoms with van der Waals surface area (Å²) >= 11 is 0. The molecule has 0 radical (unpaired) electrons. The van der Waals surface area contributed by atoms with E-state index in [0.29, 0.717) is 34.7 Å². The lowest BCUT2D eigenvalue weighted by Crippen LogP contribution is -2.29. The number of phenolic OH excluding ortho intramolecular Hbond substituents is 2. The lowest BCUT2D eigenvalue weighted by molar-refractivity contribution is -0.122. The fourth-order valence-electron chi connectivity index (χ4n) is 3.27. The lowest BCUT2D eigenvalue weighted by atomic mass is 9.98. The van der Waals surface area contributed by atoms with Crippen molar-refractivity contribution in [2.45, 2.75) is 67.3 Å². The van der Waals surface area contributed by atoms with Gasteiger partial charge in [0.1, 0.15) is 17.3 Å². The molecular formula is C28H41N5O6. The van der Waals surface area contributed by atoms with Crippen molar-refractivity contribution < 1.29 is 29.7 Å². The number of phenols is 2. The van der Waals surface area contributed by atoms with Gasteiger partial charge in [-0.1, -0.05) is 27.7 Å². The van der Waals surface area contributed by atoms with E-state index in [1.54, 1.807) is 22.8 Å². The quantitative estimate of drug-likeness (QED) is 0.273. The van der Waals surface area contributed by atoms with Crippen LogP contribution in [-0.4, -0.2) is 61.5 Å². The summed E-state index contributed by atoms with van der Waals surface area (Å²) in [7, 11) is 0. The molecule has 0 unspecified atom stereocenters. The number of benzene rings is 2.